The van der Waals surface area contributed by atoms with Gasteiger partial charge in [0.25, 0.3) is 0 Å². The van der Waals surface area contributed by atoms with E-state index in [1.54, 1.807) is 6.92 Å². The fraction of sp³-hybridized carbons (Fsp3) is 0.250. The summed E-state index contributed by atoms with van der Waals surface area (Å²) in [5.41, 5.74) is 5.82. The first-order valence-corrected chi connectivity index (χ1v) is 3.84. The Balaban J connectivity index is 3.27. The smallest absolute Gasteiger partial charge is 0.183 e. The molecule has 0 heterocycles. The van der Waals surface area contributed by atoms with Crippen LogP contribution in [0.25, 0.3) is 0 Å². The molecular weight excluding hydrogens is 181 g/mol. The summed E-state index contributed by atoms with van der Waals surface area (Å²) in [6.45, 7) is 1.66. The minimum Gasteiger partial charge on any atom is -0.505 e. The van der Waals surface area contributed by atoms with Crippen molar-refractivity contribution in [1.82, 2.24) is 0 Å². The third-order valence-corrected chi connectivity index (χ3v) is 1.88. The lowest BCUT2D eigenvalue weighted by molar-refractivity contribution is 0.422. The SMILES string of the molecule is C[C@H](N)c1ccc(Cl)c(F)c1O. The number of nitrogens with two attached hydrogens (primary N) is 1. The fourth-order valence-corrected chi connectivity index (χ4v) is 1.07. The summed E-state index contributed by atoms with van der Waals surface area (Å²) in [7, 11) is 0. The first-order valence-electron chi connectivity index (χ1n) is 3.46. The predicted molar refractivity (Wildman–Crippen MR) is 45.7 cm³/mol. The van der Waals surface area contributed by atoms with E-state index in [4.69, 9.17) is 17.3 Å². The molecule has 66 valence electrons. The standard InChI is InChI=1S/C8H9ClFNO/c1-4(11)5-2-3-6(9)7(10)8(5)12/h2-4,12H,11H2,1H3/t4-/m0/s1. The number of rotatable bonds is 1. The van der Waals surface area contributed by atoms with Gasteiger partial charge < -0.3 is 10.8 Å². The highest BCUT2D eigenvalue weighted by atomic mass is 35.5. The maximum absolute atomic E-state index is 12.9. The second-order valence-corrected chi connectivity index (χ2v) is 3.00. The molecule has 0 fully saturated rings. The van der Waals surface area contributed by atoms with Crippen molar-refractivity contribution in [2.75, 3.05) is 0 Å². The summed E-state index contributed by atoms with van der Waals surface area (Å²) in [5.74, 6) is -1.27. The van der Waals surface area contributed by atoms with E-state index in [0.717, 1.165) is 0 Å². The van der Waals surface area contributed by atoms with Crippen molar-refractivity contribution in [3.8, 4) is 5.75 Å². The summed E-state index contributed by atoms with van der Waals surface area (Å²) in [5, 5.41) is 9.11. The van der Waals surface area contributed by atoms with Crippen LogP contribution in [0.15, 0.2) is 12.1 Å². The number of aromatic hydroxyl groups is 1. The molecule has 1 aromatic rings. The van der Waals surface area contributed by atoms with Gasteiger partial charge in [0.05, 0.1) is 5.02 Å². The molecule has 2 nitrogen and oxygen atoms in total. The maximum Gasteiger partial charge on any atom is 0.183 e. The van der Waals surface area contributed by atoms with Gasteiger partial charge in [-0.25, -0.2) is 4.39 Å². The molecule has 0 unspecified atom stereocenters. The van der Waals surface area contributed by atoms with Crippen LogP contribution in [0.4, 0.5) is 4.39 Å². The first-order chi connectivity index (χ1) is 5.54. The zero-order chi connectivity index (χ0) is 9.30. The van der Waals surface area contributed by atoms with E-state index < -0.39 is 17.6 Å². The van der Waals surface area contributed by atoms with Crippen molar-refractivity contribution in [2.45, 2.75) is 13.0 Å². The monoisotopic (exact) mass is 189 g/mol. The van der Waals surface area contributed by atoms with Crippen molar-refractivity contribution in [3.05, 3.63) is 28.5 Å². The lowest BCUT2D eigenvalue weighted by Gasteiger charge is -2.08. The molecule has 0 aromatic heterocycles. The Morgan fingerprint density at radius 1 is 1.58 bits per heavy atom. The molecule has 0 saturated heterocycles. The van der Waals surface area contributed by atoms with Gasteiger partial charge in [-0.05, 0) is 13.0 Å². The van der Waals surface area contributed by atoms with Gasteiger partial charge in [0.2, 0.25) is 0 Å². The first kappa shape index (κ1) is 9.29. The lowest BCUT2D eigenvalue weighted by atomic mass is 10.1. The van der Waals surface area contributed by atoms with E-state index in [2.05, 4.69) is 0 Å². The summed E-state index contributed by atoms with van der Waals surface area (Å²) >= 11 is 5.41. The van der Waals surface area contributed by atoms with Gasteiger partial charge in [-0.15, -0.1) is 0 Å². The zero-order valence-electron chi connectivity index (χ0n) is 6.51. The predicted octanol–water partition coefficient (Wildman–Crippen LogP) is 2.20. The largest absolute Gasteiger partial charge is 0.505 e. The van der Waals surface area contributed by atoms with E-state index in [0.29, 0.717) is 5.56 Å². The molecule has 0 aliphatic heterocycles. The van der Waals surface area contributed by atoms with Gasteiger partial charge in [0.15, 0.2) is 11.6 Å². The molecule has 1 rings (SSSR count). The molecule has 0 radical (unpaired) electrons. The van der Waals surface area contributed by atoms with Crippen LogP contribution in [-0.4, -0.2) is 5.11 Å². The zero-order valence-corrected chi connectivity index (χ0v) is 7.27. The molecule has 0 aliphatic carbocycles. The summed E-state index contributed by atoms with van der Waals surface area (Å²) < 4.78 is 12.9. The highest BCUT2D eigenvalue weighted by molar-refractivity contribution is 6.30. The fourth-order valence-electron chi connectivity index (χ4n) is 0.922. The van der Waals surface area contributed by atoms with E-state index in [1.807, 2.05) is 0 Å². The van der Waals surface area contributed by atoms with E-state index in [-0.39, 0.29) is 5.02 Å². The van der Waals surface area contributed by atoms with Crippen LogP contribution in [0, 0.1) is 5.82 Å². The van der Waals surface area contributed by atoms with Gasteiger partial charge in [-0.3, -0.25) is 0 Å². The molecule has 12 heavy (non-hydrogen) atoms. The Kier molecular flexibility index (Phi) is 2.55. The van der Waals surface area contributed by atoms with Crippen LogP contribution in [0.5, 0.6) is 5.75 Å². The molecule has 0 bridgehead atoms. The average Bonchev–Trinajstić information content (AvgIpc) is 2.00. The quantitative estimate of drug-likeness (QED) is 0.712. The van der Waals surface area contributed by atoms with E-state index >= 15 is 0 Å². The van der Waals surface area contributed by atoms with Crippen LogP contribution in [0.2, 0.25) is 5.02 Å². The van der Waals surface area contributed by atoms with Crippen molar-refractivity contribution in [1.29, 1.82) is 0 Å². The summed E-state index contributed by atoms with van der Waals surface area (Å²) in [6, 6.07) is 2.47. The maximum atomic E-state index is 12.9. The van der Waals surface area contributed by atoms with Crippen LogP contribution in [-0.2, 0) is 0 Å². The van der Waals surface area contributed by atoms with E-state index in [9.17, 15) is 9.50 Å². The second kappa shape index (κ2) is 3.29. The van der Waals surface area contributed by atoms with Gasteiger partial charge in [-0.1, -0.05) is 17.7 Å². The number of benzene rings is 1. The van der Waals surface area contributed by atoms with Gasteiger partial charge >= 0.3 is 0 Å². The van der Waals surface area contributed by atoms with Crippen molar-refractivity contribution >= 4 is 11.6 Å². The highest BCUT2D eigenvalue weighted by Gasteiger charge is 2.13. The minimum atomic E-state index is -0.813. The van der Waals surface area contributed by atoms with Crippen molar-refractivity contribution in [3.63, 3.8) is 0 Å². The Morgan fingerprint density at radius 2 is 2.17 bits per heavy atom. The third kappa shape index (κ3) is 1.52. The summed E-state index contributed by atoms with van der Waals surface area (Å²) in [4.78, 5) is 0. The van der Waals surface area contributed by atoms with Crippen LogP contribution in [0.1, 0.15) is 18.5 Å². The molecule has 3 N–H and O–H groups in total. The van der Waals surface area contributed by atoms with Gasteiger partial charge in [0.1, 0.15) is 0 Å². The molecule has 4 heteroatoms. The number of hydrogen-bond donors (Lipinski definition) is 2. The highest BCUT2D eigenvalue weighted by Crippen LogP contribution is 2.30. The van der Waals surface area contributed by atoms with Crippen LogP contribution in [0.3, 0.4) is 0 Å². The average molecular weight is 190 g/mol. The molecule has 1 atom stereocenters. The molecule has 0 aliphatic rings. The summed E-state index contributed by atoms with van der Waals surface area (Å²) in [6.07, 6.45) is 0. The van der Waals surface area contributed by atoms with Crippen LogP contribution >= 0.6 is 11.6 Å². The molecule has 0 saturated carbocycles. The lowest BCUT2D eigenvalue weighted by Crippen LogP contribution is -2.05. The molecular formula is C8H9ClFNO. The molecule has 1 aromatic carbocycles. The molecule has 0 spiro atoms. The minimum absolute atomic E-state index is 0.100. The molecule has 0 amide bonds. The third-order valence-electron chi connectivity index (χ3n) is 1.59. The normalized spacial score (nSPS) is 13.0. The topological polar surface area (TPSA) is 46.2 Å². The Morgan fingerprint density at radius 3 is 2.67 bits per heavy atom. The number of halogens is 2. The second-order valence-electron chi connectivity index (χ2n) is 2.59. The Bertz CT molecular complexity index is 301. The number of phenols is 1. The van der Waals surface area contributed by atoms with Gasteiger partial charge in [-0.2, -0.15) is 0 Å². The van der Waals surface area contributed by atoms with Crippen LogP contribution < -0.4 is 5.73 Å². The number of phenolic OH excluding ortho intramolecular Hbond substituents is 1. The number of hydrogen-bond acceptors (Lipinski definition) is 2. The Hall–Kier alpha value is -0.800. The van der Waals surface area contributed by atoms with Crippen molar-refractivity contribution in [2.24, 2.45) is 5.73 Å². The van der Waals surface area contributed by atoms with E-state index in [1.165, 1.54) is 12.1 Å². The van der Waals surface area contributed by atoms with Crippen molar-refractivity contribution < 1.29 is 9.50 Å². The van der Waals surface area contributed by atoms with Gasteiger partial charge in [0, 0.05) is 11.6 Å². The Labute approximate surface area is 74.8 Å².